The van der Waals surface area contributed by atoms with E-state index in [-0.39, 0.29) is 24.0 Å². The van der Waals surface area contributed by atoms with Gasteiger partial charge in [-0.1, -0.05) is 13.8 Å². The fraction of sp³-hybridized carbons (Fsp3) is 0.944. The Hall–Kier alpha value is -0.0800. The summed E-state index contributed by atoms with van der Waals surface area (Å²) in [6, 6.07) is 0. The first-order chi connectivity index (χ1) is 11.1. The van der Waals surface area contributed by atoms with E-state index in [1.54, 1.807) is 0 Å². The maximum absolute atomic E-state index is 5.81. The summed E-state index contributed by atoms with van der Waals surface area (Å²) >= 11 is 0. The Bertz CT molecular complexity index is 340. The summed E-state index contributed by atoms with van der Waals surface area (Å²) in [6.07, 6.45) is 2.48. The molecule has 1 aliphatic heterocycles. The summed E-state index contributed by atoms with van der Waals surface area (Å²) in [6.45, 7) is 17.0. The van der Waals surface area contributed by atoms with Gasteiger partial charge >= 0.3 is 0 Å². The van der Waals surface area contributed by atoms with Crippen molar-refractivity contribution in [2.24, 2.45) is 16.8 Å². The Balaban J connectivity index is 0.00000529. The van der Waals surface area contributed by atoms with Gasteiger partial charge in [0, 0.05) is 45.3 Å². The summed E-state index contributed by atoms with van der Waals surface area (Å²) in [5.74, 6) is 2.21. The SMILES string of the molecule is CCNC(=NCCC(OCC)C(C)C)N1CCC(COCC)C1.I. The zero-order chi connectivity index (χ0) is 17.1. The lowest BCUT2D eigenvalue weighted by Crippen LogP contribution is -2.40. The number of hydrogen-bond acceptors (Lipinski definition) is 3. The van der Waals surface area contributed by atoms with Gasteiger partial charge in [0.2, 0.25) is 0 Å². The second-order valence-corrected chi connectivity index (χ2v) is 6.52. The smallest absolute Gasteiger partial charge is 0.193 e. The highest BCUT2D eigenvalue weighted by atomic mass is 127. The van der Waals surface area contributed by atoms with Gasteiger partial charge in [-0.2, -0.15) is 0 Å². The van der Waals surface area contributed by atoms with Crippen molar-refractivity contribution in [3.63, 3.8) is 0 Å². The van der Waals surface area contributed by atoms with Gasteiger partial charge in [-0.3, -0.25) is 4.99 Å². The molecule has 1 heterocycles. The van der Waals surface area contributed by atoms with Crippen LogP contribution in [0.5, 0.6) is 0 Å². The van der Waals surface area contributed by atoms with Crippen molar-refractivity contribution < 1.29 is 9.47 Å². The van der Waals surface area contributed by atoms with Crippen molar-refractivity contribution in [1.29, 1.82) is 0 Å². The quantitative estimate of drug-likeness (QED) is 0.312. The molecular weight excluding hydrogens is 417 g/mol. The fourth-order valence-corrected chi connectivity index (χ4v) is 2.99. The van der Waals surface area contributed by atoms with Crippen LogP contribution in [0.25, 0.3) is 0 Å². The largest absolute Gasteiger partial charge is 0.381 e. The molecule has 1 aliphatic rings. The van der Waals surface area contributed by atoms with Crippen molar-refractivity contribution in [2.45, 2.75) is 53.6 Å². The van der Waals surface area contributed by atoms with Crippen molar-refractivity contribution in [1.82, 2.24) is 10.2 Å². The van der Waals surface area contributed by atoms with Crippen LogP contribution in [-0.4, -0.2) is 63.0 Å². The Labute approximate surface area is 166 Å². The summed E-state index contributed by atoms with van der Waals surface area (Å²) < 4.78 is 11.4. The third kappa shape index (κ3) is 8.85. The first kappa shape index (κ1) is 23.9. The number of hydrogen-bond donors (Lipinski definition) is 1. The maximum atomic E-state index is 5.81. The Kier molecular flexibility index (Phi) is 14.1. The average molecular weight is 455 g/mol. The molecule has 0 spiro atoms. The number of nitrogens with one attached hydrogen (secondary N) is 1. The molecule has 2 atom stereocenters. The van der Waals surface area contributed by atoms with E-state index in [9.17, 15) is 0 Å². The van der Waals surface area contributed by atoms with Crippen molar-refractivity contribution >= 4 is 29.9 Å². The summed E-state index contributed by atoms with van der Waals surface area (Å²) in [4.78, 5) is 7.20. The van der Waals surface area contributed by atoms with E-state index < -0.39 is 0 Å². The van der Waals surface area contributed by atoms with E-state index in [2.05, 4.69) is 44.8 Å². The molecule has 0 bridgehead atoms. The number of guanidine groups is 1. The van der Waals surface area contributed by atoms with E-state index in [0.717, 1.165) is 58.4 Å². The van der Waals surface area contributed by atoms with Gasteiger partial charge in [-0.25, -0.2) is 0 Å². The molecule has 24 heavy (non-hydrogen) atoms. The molecule has 0 aromatic rings. The first-order valence-corrected chi connectivity index (χ1v) is 9.34. The molecule has 144 valence electrons. The van der Waals surface area contributed by atoms with E-state index in [1.807, 2.05) is 0 Å². The predicted molar refractivity (Wildman–Crippen MR) is 112 cm³/mol. The van der Waals surface area contributed by atoms with Gasteiger partial charge in [-0.05, 0) is 39.5 Å². The number of halogens is 1. The molecule has 0 aliphatic carbocycles. The zero-order valence-electron chi connectivity index (χ0n) is 16.2. The first-order valence-electron chi connectivity index (χ1n) is 9.34. The fourth-order valence-electron chi connectivity index (χ4n) is 2.99. The van der Waals surface area contributed by atoms with Crippen molar-refractivity contribution in [3.8, 4) is 0 Å². The van der Waals surface area contributed by atoms with Crippen LogP contribution in [0.3, 0.4) is 0 Å². The molecular formula is C18H38IN3O2. The highest BCUT2D eigenvalue weighted by Gasteiger charge is 2.25. The van der Waals surface area contributed by atoms with Crippen LogP contribution >= 0.6 is 24.0 Å². The highest BCUT2D eigenvalue weighted by molar-refractivity contribution is 14.0. The van der Waals surface area contributed by atoms with Crippen molar-refractivity contribution in [3.05, 3.63) is 0 Å². The highest BCUT2D eigenvalue weighted by Crippen LogP contribution is 2.17. The standard InChI is InChI=1S/C18H37N3O2.HI/c1-6-19-18(20-11-9-17(15(4)5)23-8-3)21-12-10-16(13-21)14-22-7-2;/h15-17H,6-14H2,1-5H3,(H,19,20);1H. The Morgan fingerprint density at radius 1 is 1.25 bits per heavy atom. The van der Waals surface area contributed by atoms with E-state index in [0.29, 0.717) is 17.9 Å². The summed E-state index contributed by atoms with van der Waals surface area (Å²) in [5.41, 5.74) is 0. The van der Waals surface area contributed by atoms with E-state index in [1.165, 1.54) is 6.42 Å². The van der Waals surface area contributed by atoms with Gasteiger partial charge in [-0.15, -0.1) is 24.0 Å². The molecule has 1 saturated heterocycles. The lowest BCUT2D eigenvalue weighted by Gasteiger charge is -2.23. The second-order valence-electron chi connectivity index (χ2n) is 6.52. The van der Waals surface area contributed by atoms with Crippen LogP contribution in [0.1, 0.15) is 47.5 Å². The van der Waals surface area contributed by atoms with Gasteiger partial charge in [0.15, 0.2) is 5.96 Å². The van der Waals surface area contributed by atoms with Crippen LogP contribution in [0.4, 0.5) is 0 Å². The normalized spacial score (nSPS) is 19.5. The lowest BCUT2D eigenvalue weighted by atomic mass is 10.0. The lowest BCUT2D eigenvalue weighted by molar-refractivity contribution is 0.0266. The monoisotopic (exact) mass is 455 g/mol. The van der Waals surface area contributed by atoms with Gasteiger partial charge < -0.3 is 19.7 Å². The van der Waals surface area contributed by atoms with Crippen molar-refractivity contribution in [2.75, 3.05) is 46.0 Å². The maximum Gasteiger partial charge on any atom is 0.193 e. The van der Waals surface area contributed by atoms with Crippen LogP contribution in [0.15, 0.2) is 4.99 Å². The minimum Gasteiger partial charge on any atom is -0.381 e. The molecule has 2 unspecified atom stereocenters. The predicted octanol–water partition coefficient (Wildman–Crippen LogP) is 3.38. The van der Waals surface area contributed by atoms with Gasteiger partial charge in [0.25, 0.3) is 0 Å². The molecule has 5 nitrogen and oxygen atoms in total. The Morgan fingerprint density at radius 3 is 2.58 bits per heavy atom. The van der Waals surface area contributed by atoms with E-state index >= 15 is 0 Å². The molecule has 1 N–H and O–H groups in total. The zero-order valence-corrected chi connectivity index (χ0v) is 18.5. The van der Waals surface area contributed by atoms with E-state index in [4.69, 9.17) is 14.5 Å². The minimum atomic E-state index is 0. The van der Waals surface area contributed by atoms with Crippen LogP contribution in [-0.2, 0) is 9.47 Å². The third-order valence-electron chi connectivity index (χ3n) is 4.28. The number of rotatable bonds is 10. The molecule has 1 rings (SSSR count). The molecule has 1 fully saturated rings. The average Bonchev–Trinajstić information content (AvgIpc) is 2.99. The summed E-state index contributed by atoms with van der Waals surface area (Å²) in [5, 5.41) is 3.43. The van der Waals surface area contributed by atoms with Gasteiger partial charge in [0.1, 0.15) is 0 Å². The Morgan fingerprint density at radius 2 is 2.00 bits per heavy atom. The molecule has 0 aromatic carbocycles. The molecule has 0 saturated carbocycles. The topological polar surface area (TPSA) is 46.1 Å². The third-order valence-corrected chi connectivity index (χ3v) is 4.28. The molecule has 0 radical (unpaired) electrons. The van der Waals surface area contributed by atoms with Crippen LogP contribution < -0.4 is 5.32 Å². The number of ether oxygens (including phenoxy) is 2. The second kappa shape index (κ2) is 14.1. The number of nitrogens with zero attached hydrogens (tertiary/aromatic N) is 2. The van der Waals surface area contributed by atoms with Gasteiger partial charge in [0.05, 0.1) is 12.7 Å². The molecule has 6 heteroatoms. The van der Waals surface area contributed by atoms with Crippen LogP contribution in [0, 0.1) is 11.8 Å². The molecule has 0 amide bonds. The number of likely N-dealkylation sites (tertiary alicyclic amines) is 1. The molecule has 0 aromatic heterocycles. The minimum absolute atomic E-state index is 0. The summed E-state index contributed by atoms with van der Waals surface area (Å²) in [7, 11) is 0. The van der Waals surface area contributed by atoms with Crippen LogP contribution in [0.2, 0.25) is 0 Å². The number of aliphatic imine (C=N–C) groups is 1.